The highest BCUT2D eigenvalue weighted by molar-refractivity contribution is 6.30. The molecule has 3 nitrogen and oxygen atoms in total. The summed E-state index contributed by atoms with van der Waals surface area (Å²) in [4.78, 5) is 14.4. The Kier molecular flexibility index (Phi) is 5.30. The quantitative estimate of drug-likeness (QED) is 0.915. The first-order valence-corrected chi connectivity index (χ1v) is 7.79. The zero-order valence-corrected chi connectivity index (χ0v) is 13.0. The van der Waals surface area contributed by atoms with Gasteiger partial charge in [0.25, 0.3) is 0 Å². The van der Waals surface area contributed by atoms with Gasteiger partial charge in [-0.05, 0) is 56.4 Å². The Morgan fingerprint density at radius 1 is 1.45 bits per heavy atom. The summed E-state index contributed by atoms with van der Waals surface area (Å²) in [6, 6.07) is 6.10. The Balaban J connectivity index is 1.94. The maximum Gasteiger partial charge on any atom is 0.242 e. The van der Waals surface area contributed by atoms with Gasteiger partial charge in [-0.15, -0.1) is 0 Å². The van der Waals surface area contributed by atoms with Crippen molar-refractivity contribution in [2.45, 2.75) is 45.6 Å². The van der Waals surface area contributed by atoms with Crippen LogP contribution in [0.1, 0.15) is 38.2 Å². The molecule has 0 aromatic heterocycles. The molecule has 0 radical (unpaired) electrons. The molecule has 0 spiro atoms. The number of nitrogens with zero attached hydrogens (tertiary/aromatic N) is 1. The van der Waals surface area contributed by atoms with Gasteiger partial charge in [-0.3, -0.25) is 4.79 Å². The monoisotopic (exact) mass is 294 g/mol. The van der Waals surface area contributed by atoms with E-state index in [1.54, 1.807) is 0 Å². The molecule has 1 amide bonds. The number of rotatable bonds is 4. The van der Waals surface area contributed by atoms with Crippen LogP contribution in [0.25, 0.3) is 0 Å². The first-order chi connectivity index (χ1) is 9.61. The Morgan fingerprint density at radius 2 is 2.25 bits per heavy atom. The number of piperidine rings is 1. The maximum absolute atomic E-state index is 12.4. The highest BCUT2D eigenvalue weighted by atomic mass is 35.5. The number of hydrogen-bond acceptors (Lipinski definition) is 2. The van der Waals surface area contributed by atoms with Gasteiger partial charge in [-0.1, -0.05) is 18.5 Å². The van der Waals surface area contributed by atoms with E-state index in [1.165, 1.54) is 6.42 Å². The number of likely N-dealkylation sites (tertiary alicyclic amines) is 1. The fourth-order valence-electron chi connectivity index (χ4n) is 2.85. The summed E-state index contributed by atoms with van der Waals surface area (Å²) in [7, 11) is 0. The second-order valence-electron chi connectivity index (χ2n) is 5.46. The Morgan fingerprint density at radius 3 is 2.95 bits per heavy atom. The summed E-state index contributed by atoms with van der Waals surface area (Å²) in [6.07, 6.45) is 4.56. The van der Waals surface area contributed by atoms with Gasteiger partial charge in [0, 0.05) is 23.3 Å². The predicted octanol–water partition coefficient (Wildman–Crippen LogP) is 3.85. The van der Waals surface area contributed by atoms with Crippen molar-refractivity contribution in [1.29, 1.82) is 0 Å². The first kappa shape index (κ1) is 15.2. The third-order valence-electron chi connectivity index (χ3n) is 4.04. The van der Waals surface area contributed by atoms with Crippen LogP contribution in [0.3, 0.4) is 0 Å². The number of nitrogens with one attached hydrogen (secondary N) is 1. The average molecular weight is 295 g/mol. The summed E-state index contributed by atoms with van der Waals surface area (Å²) in [5.41, 5.74) is 2.05. The van der Waals surface area contributed by atoms with Crippen molar-refractivity contribution in [3.63, 3.8) is 0 Å². The summed E-state index contributed by atoms with van der Waals surface area (Å²) in [6.45, 7) is 5.42. The number of amides is 1. The van der Waals surface area contributed by atoms with Crippen LogP contribution in [-0.2, 0) is 4.79 Å². The zero-order chi connectivity index (χ0) is 14.5. The molecule has 1 aliphatic rings. The number of anilines is 1. The van der Waals surface area contributed by atoms with Crippen LogP contribution >= 0.6 is 11.6 Å². The molecule has 1 saturated heterocycles. The molecule has 1 aliphatic heterocycles. The Bertz CT molecular complexity index is 476. The van der Waals surface area contributed by atoms with Gasteiger partial charge in [-0.25, -0.2) is 0 Å². The molecule has 20 heavy (non-hydrogen) atoms. The second kappa shape index (κ2) is 6.98. The van der Waals surface area contributed by atoms with Crippen LogP contribution in [0.15, 0.2) is 18.2 Å². The smallest absolute Gasteiger partial charge is 0.242 e. The highest BCUT2D eigenvalue weighted by Crippen LogP contribution is 2.21. The lowest BCUT2D eigenvalue weighted by molar-refractivity contribution is -0.133. The Labute approximate surface area is 126 Å². The minimum Gasteiger partial charge on any atom is -0.376 e. The van der Waals surface area contributed by atoms with Crippen LogP contribution in [0.5, 0.6) is 0 Å². The number of halogens is 1. The largest absolute Gasteiger partial charge is 0.376 e. The molecule has 1 atom stereocenters. The van der Waals surface area contributed by atoms with Crippen molar-refractivity contribution in [3.05, 3.63) is 28.8 Å². The van der Waals surface area contributed by atoms with Crippen LogP contribution in [-0.4, -0.2) is 29.9 Å². The Hall–Kier alpha value is -1.22. The normalized spacial score (nSPS) is 18.9. The number of aryl methyl sites for hydroxylation is 1. The minimum absolute atomic E-state index is 0.200. The van der Waals surface area contributed by atoms with E-state index < -0.39 is 0 Å². The van der Waals surface area contributed by atoms with Gasteiger partial charge in [0.1, 0.15) is 0 Å². The standard InChI is InChI=1S/C16H23ClN2O/c1-3-14-6-4-5-9-19(14)16(20)11-18-15-8-7-13(17)10-12(15)2/h7-8,10,14,18H,3-6,9,11H2,1-2H3. The molecule has 0 aliphatic carbocycles. The lowest BCUT2D eigenvalue weighted by Gasteiger charge is -2.35. The topological polar surface area (TPSA) is 32.3 Å². The lowest BCUT2D eigenvalue weighted by atomic mass is 10.00. The van der Waals surface area contributed by atoms with E-state index in [0.29, 0.717) is 12.6 Å². The zero-order valence-electron chi connectivity index (χ0n) is 12.3. The fourth-order valence-corrected chi connectivity index (χ4v) is 3.08. The molecule has 1 heterocycles. The van der Waals surface area contributed by atoms with Crippen LogP contribution in [0.4, 0.5) is 5.69 Å². The molecule has 2 rings (SSSR count). The van der Waals surface area contributed by atoms with E-state index in [-0.39, 0.29) is 5.91 Å². The predicted molar refractivity (Wildman–Crippen MR) is 84.3 cm³/mol. The van der Waals surface area contributed by atoms with Crippen molar-refractivity contribution in [1.82, 2.24) is 4.90 Å². The van der Waals surface area contributed by atoms with Crippen LogP contribution < -0.4 is 5.32 Å². The number of carbonyl (C=O) groups excluding carboxylic acids is 1. The van der Waals surface area contributed by atoms with E-state index >= 15 is 0 Å². The van der Waals surface area contributed by atoms with Gasteiger partial charge in [0.15, 0.2) is 0 Å². The second-order valence-corrected chi connectivity index (χ2v) is 5.89. The van der Waals surface area contributed by atoms with Crippen molar-refractivity contribution >= 4 is 23.2 Å². The van der Waals surface area contributed by atoms with Gasteiger partial charge in [-0.2, -0.15) is 0 Å². The summed E-state index contributed by atoms with van der Waals surface area (Å²) < 4.78 is 0. The molecule has 1 unspecified atom stereocenters. The number of carbonyl (C=O) groups is 1. The first-order valence-electron chi connectivity index (χ1n) is 7.41. The molecule has 110 valence electrons. The average Bonchev–Trinajstić information content (AvgIpc) is 2.46. The number of benzene rings is 1. The fraction of sp³-hybridized carbons (Fsp3) is 0.562. The van der Waals surface area contributed by atoms with Gasteiger partial charge < -0.3 is 10.2 Å². The SMILES string of the molecule is CCC1CCCCN1C(=O)CNc1ccc(Cl)cc1C. The molecule has 1 fully saturated rings. The third-order valence-corrected chi connectivity index (χ3v) is 4.27. The molecular weight excluding hydrogens is 272 g/mol. The van der Waals surface area contributed by atoms with E-state index in [9.17, 15) is 4.79 Å². The maximum atomic E-state index is 12.4. The van der Waals surface area contributed by atoms with E-state index in [2.05, 4.69) is 12.2 Å². The molecule has 1 N–H and O–H groups in total. The van der Waals surface area contributed by atoms with E-state index in [0.717, 1.165) is 42.1 Å². The van der Waals surface area contributed by atoms with Gasteiger partial charge in [0.05, 0.1) is 6.54 Å². The van der Waals surface area contributed by atoms with Crippen molar-refractivity contribution in [2.24, 2.45) is 0 Å². The molecule has 0 bridgehead atoms. The molecule has 1 aromatic carbocycles. The van der Waals surface area contributed by atoms with E-state index in [1.807, 2.05) is 30.0 Å². The van der Waals surface area contributed by atoms with Gasteiger partial charge in [0.2, 0.25) is 5.91 Å². The molecular formula is C16H23ClN2O. The third kappa shape index (κ3) is 3.66. The van der Waals surface area contributed by atoms with Crippen molar-refractivity contribution < 1.29 is 4.79 Å². The molecule has 1 aromatic rings. The van der Waals surface area contributed by atoms with Crippen molar-refractivity contribution in [3.8, 4) is 0 Å². The lowest BCUT2D eigenvalue weighted by Crippen LogP contribution is -2.45. The molecule has 4 heteroatoms. The molecule has 0 saturated carbocycles. The summed E-state index contributed by atoms with van der Waals surface area (Å²) in [5, 5.41) is 3.96. The van der Waals surface area contributed by atoms with Crippen LogP contribution in [0.2, 0.25) is 5.02 Å². The van der Waals surface area contributed by atoms with E-state index in [4.69, 9.17) is 11.6 Å². The van der Waals surface area contributed by atoms with Crippen LogP contribution in [0, 0.1) is 6.92 Å². The summed E-state index contributed by atoms with van der Waals surface area (Å²) >= 11 is 5.94. The van der Waals surface area contributed by atoms with Crippen molar-refractivity contribution in [2.75, 3.05) is 18.4 Å². The van der Waals surface area contributed by atoms with Gasteiger partial charge >= 0.3 is 0 Å². The highest BCUT2D eigenvalue weighted by Gasteiger charge is 2.24. The number of hydrogen-bond donors (Lipinski definition) is 1. The minimum atomic E-state index is 0.200. The summed E-state index contributed by atoms with van der Waals surface area (Å²) in [5.74, 6) is 0.200.